The van der Waals surface area contributed by atoms with Crippen LogP contribution in [0.5, 0.6) is 5.75 Å². The van der Waals surface area contributed by atoms with Crippen molar-refractivity contribution in [3.63, 3.8) is 0 Å². The van der Waals surface area contributed by atoms with Gasteiger partial charge >= 0.3 is 0 Å². The number of carbonyl (C=O) groups is 1. The summed E-state index contributed by atoms with van der Waals surface area (Å²) in [4.78, 5) is 21.8. The first-order chi connectivity index (χ1) is 14.9. The monoisotopic (exact) mass is 459 g/mol. The summed E-state index contributed by atoms with van der Waals surface area (Å²) >= 11 is 1.63. The number of sulfone groups is 1. The summed E-state index contributed by atoms with van der Waals surface area (Å²) in [7, 11) is -1.58. The summed E-state index contributed by atoms with van der Waals surface area (Å²) in [5.41, 5.74) is 1.69. The predicted molar refractivity (Wildman–Crippen MR) is 123 cm³/mol. The van der Waals surface area contributed by atoms with Crippen LogP contribution in [-0.2, 0) is 21.1 Å². The quantitative estimate of drug-likeness (QED) is 0.564. The lowest BCUT2D eigenvalue weighted by atomic mass is 10.1. The molecule has 1 fully saturated rings. The number of ether oxygens (including phenoxy) is 1. The van der Waals surface area contributed by atoms with Crippen LogP contribution in [0.1, 0.15) is 12.5 Å². The zero-order valence-corrected chi connectivity index (χ0v) is 19.2. The third kappa shape index (κ3) is 4.52. The number of carbonyl (C=O) groups excluding carboxylic acids is 1. The van der Waals surface area contributed by atoms with E-state index in [0.717, 1.165) is 39.8 Å². The summed E-state index contributed by atoms with van der Waals surface area (Å²) in [5.74, 6) is 0.889. The van der Waals surface area contributed by atoms with Crippen LogP contribution in [0.3, 0.4) is 0 Å². The highest BCUT2D eigenvalue weighted by Crippen LogP contribution is 2.34. The topological polar surface area (TPSA) is 79.8 Å². The van der Waals surface area contributed by atoms with Gasteiger partial charge in [0.15, 0.2) is 15.0 Å². The minimum Gasteiger partial charge on any atom is -0.494 e. The van der Waals surface area contributed by atoms with Crippen LogP contribution in [0.15, 0.2) is 47.4 Å². The smallest absolute Gasteiger partial charge is 0.227 e. The molecule has 1 aromatic heterocycles. The standard InChI is InChI=1S/C22H25N3O4S2/c1-3-31(27,28)17-9-7-16(8-10-17)15-20(26)24-11-13-25(14-12-24)22-23-21-18(29-2)5-4-6-19(21)30-22/h4-10H,3,11-15H2,1-2H3. The van der Waals surface area contributed by atoms with E-state index in [2.05, 4.69) is 4.90 Å². The van der Waals surface area contributed by atoms with Gasteiger partial charge in [-0.3, -0.25) is 4.79 Å². The van der Waals surface area contributed by atoms with Crippen molar-refractivity contribution in [1.82, 2.24) is 9.88 Å². The van der Waals surface area contributed by atoms with E-state index in [4.69, 9.17) is 9.72 Å². The van der Waals surface area contributed by atoms with Gasteiger partial charge in [0.05, 0.1) is 28.9 Å². The van der Waals surface area contributed by atoms with Crippen LogP contribution >= 0.6 is 11.3 Å². The first kappa shape index (κ1) is 21.6. The third-order valence-electron chi connectivity index (χ3n) is 5.51. The van der Waals surface area contributed by atoms with Crippen LogP contribution < -0.4 is 9.64 Å². The highest BCUT2D eigenvalue weighted by Gasteiger charge is 2.24. The zero-order valence-electron chi connectivity index (χ0n) is 17.6. The number of aromatic nitrogens is 1. The minimum absolute atomic E-state index is 0.0525. The second-order valence-electron chi connectivity index (χ2n) is 7.40. The van der Waals surface area contributed by atoms with Crippen LogP contribution in [0, 0.1) is 0 Å². The zero-order chi connectivity index (χ0) is 22.0. The van der Waals surface area contributed by atoms with E-state index in [1.54, 1.807) is 49.6 Å². The number of piperazine rings is 1. The molecule has 164 valence electrons. The van der Waals surface area contributed by atoms with Gasteiger partial charge in [0.2, 0.25) is 5.91 Å². The molecule has 1 aliphatic rings. The van der Waals surface area contributed by atoms with Gasteiger partial charge < -0.3 is 14.5 Å². The molecular formula is C22H25N3O4S2. The molecule has 31 heavy (non-hydrogen) atoms. The summed E-state index contributed by atoms with van der Waals surface area (Å²) in [5, 5.41) is 0.944. The number of thiazole rings is 1. The number of fused-ring (bicyclic) bond motifs is 1. The number of anilines is 1. The molecule has 0 atom stereocenters. The number of rotatable bonds is 6. The molecule has 0 unspecified atom stereocenters. The van der Waals surface area contributed by atoms with E-state index >= 15 is 0 Å². The van der Waals surface area contributed by atoms with E-state index in [9.17, 15) is 13.2 Å². The molecule has 1 saturated heterocycles. The number of para-hydroxylation sites is 1. The van der Waals surface area contributed by atoms with Crippen molar-refractivity contribution < 1.29 is 17.9 Å². The van der Waals surface area contributed by atoms with Gasteiger partial charge in [0, 0.05) is 26.2 Å². The first-order valence-corrected chi connectivity index (χ1v) is 12.7. The molecule has 0 aliphatic carbocycles. The molecule has 1 aliphatic heterocycles. The molecule has 0 saturated carbocycles. The fourth-order valence-corrected chi connectivity index (χ4v) is 5.55. The molecule has 4 rings (SSSR count). The maximum atomic E-state index is 12.7. The van der Waals surface area contributed by atoms with Crippen molar-refractivity contribution in [3.05, 3.63) is 48.0 Å². The Morgan fingerprint density at radius 2 is 1.81 bits per heavy atom. The predicted octanol–water partition coefficient (Wildman–Crippen LogP) is 2.99. The molecule has 0 N–H and O–H groups in total. The molecule has 2 aromatic carbocycles. The maximum Gasteiger partial charge on any atom is 0.227 e. The van der Waals surface area contributed by atoms with E-state index in [-0.39, 0.29) is 18.1 Å². The van der Waals surface area contributed by atoms with Crippen molar-refractivity contribution in [2.24, 2.45) is 0 Å². The molecule has 7 nitrogen and oxygen atoms in total. The van der Waals surface area contributed by atoms with Crippen molar-refractivity contribution in [2.45, 2.75) is 18.2 Å². The number of nitrogens with zero attached hydrogens (tertiary/aromatic N) is 3. The van der Waals surface area contributed by atoms with Gasteiger partial charge in [-0.05, 0) is 29.8 Å². The summed E-state index contributed by atoms with van der Waals surface area (Å²) in [6.45, 7) is 4.34. The molecular weight excluding hydrogens is 434 g/mol. The summed E-state index contributed by atoms with van der Waals surface area (Å²) in [6, 6.07) is 12.5. The lowest BCUT2D eigenvalue weighted by Crippen LogP contribution is -2.49. The molecule has 9 heteroatoms. The van der Waals surface area contributed by atoms with E-state index in [0.29, 0.717) is 18.0 Å². The molecule has 3 aromatic rings. The molecule has 1 amide bonds. The average molecular weight is 460 g/mol. The first-order valence-electron chi connectivity index (χ1n) is 10.2. The normalized spacial score (nSPS) is 14.8. The largest absolute Gasteiger partial charge is 0.494 e. The number of hydrogen-bond acceptors (Lipinski definition) is 7. The van der Waals surface area contributed by atoms with Gasteiger partial charge in [-0.1, -0.05) is 36.5 Å². The third-order valence-corrected chi connectivity index (χ3v) is 8.34. The van der Waals surface area contributed by atoms with Crippen LogP contribution in [-0.4, -0.2) is 63.3 Å². The second kappa shape index (κ2) is 8.84. The Kier molecular flexibility index (Phi) is 6.15. The number of methoxy groups -OCH3 is 1. The lowest BCUT2D eigenvalue weighted by Gasteiger charge is -2.34. The minimum atomic E-state index is -3.22. The number of hydrogen-bond donors (Lipinski definition) is 0. The Morgan fingerprint density at radius 3 is 2.45 bits per heavy atom. The average Bonchev–Trinajstić information content (AvgIpc) is 3.24. The van der Waals surface area contributed by atoms with Gasteiger partial charge in [0.1, 0.15) is 11.3 Å². The Hall–Kier alpha value is -2.65. The Bertz CT molecular complexity index is 1180. The summed E-state index contributed by atoms with van der Waals surface area (Å²) < 4.78 is 30.4. The summed E-state index contributed by atoms with van der Waals surface area (Å²) in [6.07, 6.45) is 0.269. The number of amides is 1. The van der Waals surface area contributed by atoms with E-state index in [1.165, 1.54) is 0 Å². The SMILES string of the molecule is CCS(=O)(=O)c1ccc(CC(=O)N2CCN(c3nc4c(OC)cccc4s3)CC2)cc1. The van der Waals surface area contributed by atoms with Crippen LogP contribution in [0.2, 0.25) is 0 Å². The Balaban J connectivity index is 1.37. The van der Waals surface area contributed by atoms with Gasteiger partial charge in [-0.25, -0.2) is 13.4 Å². The van der Waals surface area contributed by atoms with Crippen molar-refractivity contribution in [2.75, 3.05) is 43.9 Å². The highest BCUT2D eigenvalue weighted by molar-refractivity contribution is 7.91. The lowest BCUT2D eigenvalue weighted by molar-refractivity contribution is -0.130. The van der Waals surface area contributed by atoms with Crippen molar-refractivity contribution in [3.8, 4) is 5.75 Å². The molecule has 0 radical (unpaired) electrons. The fourth-order valence-electron chi connectivity index (χ4n) is 3.63. The van der Waals surface area contributed by atoms with Crippen molar-refractivity contribution >= 4 is 42.4 Å². The highest BCUT2D eigenvalue weighted by atomic mass is 32.2. The van der Waals surface area contributed by atoms with Gasteiger partial charge in [-0.15, -0.1) is 0 Å². The second-order valence-corrected chi connectivity index (χ2v) is 10.7. The van der Waals surface area contributed by atoms with Gasteiger partial charge in [-0.2, -0.15) is 0 Å². The Morgan fingerprint density at radius 1 is 1.10 bits per heavy atom. The van der Waals surface area contributed by atoms with Crippen molar-refractivity contribution in [1.29, 1.82) is 0 Å². The fraction of sp³-hybridized carbons (Fsp3) is 0.364. The maximum absolute atomic E-state index is 12.7. The number of benzene rings is 2. The Labute approximate surface area is 186 Å². The molecule has 2 heterocycles. The van der Waals surface area contributed by atoms with Gasteiger partial charge in [0.25, 0.3) is 0 Å². The molecule has 0 bridgehead atoms. The molecule has 0 spiro atoms. The van der Waals surface area contributed by atoms with Crippen LogP contribution in [0.25, 0.3) is 10.2 Å². The van der Waals surface area contributed by atoms with Crippen LogP contribution in [0.4, 0.5) is 5.13 Å². The van der Waals surface area contributed by atoms with E-state index in [1.807, 2.05) is 23.1 Å². The van der Waals surface area contributed by atoms with E-state index < -0.39 is 9.84 Å².